The van der Waals surface area contributed by atoms with Gasteiger partial charge in [0.15, 0.2) is 0 Å². The third-order valence-corrected chi connectivity index (χ3v) is 5.88. The van der Waals surface area contributed by atoms with Gasteiger partial charge in [0.05, 0.1) is 0 Å². The van der Waals surface area contributed by atoms with Gasteiger partial charge in [-0.25, -0.2) is 0 Å². The van der Waals surface area contributed by atoms with E-state index in [-0.39, 0.29) is 17.2 Å². The van der Waals surface area contributed by atoms with Crippen LogP contribution in [0.15, 0.2) is 41.8 Å². The summed E-state index contributed by atoms with van der Waals surface area (Å²) in [6.07, 6.45) is 1.07. The zero-order valence-electron chi connectivity index (χ0n) is 11.6. The maximum absolute atomic E-state index is 12.4. The Kier molecular flexibility index (Phi) is 4.63. The van der Waals surface area contributed by atoms with Gasteiger partial charge >= 0.3 is 0 Å². The van der Waals surface area contributed by atoms with Gasteiger partial charge in [-0.15, -0.1) is 23.1 Å². The van der Waals surface area contributed by atoms with Crippen molar-refractivity contribution in [2.75, 3.05) is 12.3 Å². The zero-order valence-corrected chi connectivity index (χ0v) is 13.3. The molecule has 5 heteroatoms. The maximum atomic E-state index is 12.4. The van der Waals surface area contributed by atoms with E-state index in [2.05, 4.69) is 16.8 Å². The topological polar surface area (TPSA) is 55.1 Å². The Morgan fingerprint density at radius 3 is 2.95 bits per heavy atom. The fourth-order valence-electron chi connectivity index (χ4n) is 2.48. The molecule has 2 unspecified atom stereocenters. The highest BCUT2D eigenvalue weighted by molar-refractivity contribution is 8.00. The number of nitrogens with one attached hydrogen (secondary N) is 1. The number of thiophene rings is 1. The van der Waals surface area contributed by atoms with Crippen LogP contribution >= 0.6 is 23.1 Å². The fraction of sp³-hybridized carbons (Fsp3) is 0.312. The van der Waals surface area contributed by atoms with Crippen molar-refractivity contribution in [2.45, 2.75) is 17.7 Å². The van der Waals surface area contributed by atoms with Gasteiger partial charge < -0.3 is 11.1 Å². The number of rotatable bonds is 4. The van der Waals surface area contributed by atoms with Gasteiger partial charge in [-0.2, -0.15) is 0 Å². The van der Waals surface area contributed by atoms with E-state index in [0.717, 1.165) is 17.7 Å². The number of hydrogen-bond donors (Lipinski definition) is 2. The summed E-state index contributed by atoms with van der Waals surface area (Å²) >= 11 is 3.47. The van der Waals surface area contributed by atoms with Gasteiger partial charge in [0.2, 0.25) is 5.91 Å². The molecule has 1 aromatic carbocycles. The standard InChI is InChI=1S/C16H18N2OS2/c17-13(11-4-2-1-3-5-11)10-18-16(19)15-12-6-8-20-14(12)7-9-21-15/h1-6,8,13,15H,7,9-10,17H2,(H,18,19). The number of fused-ring (bicyclic) bond motifs is 1. The monoisotopic (exact) mass is 318 g/mol. The lowest BCUT2D eigenvalue weighted by Crippen LogP contribution is -2.35. The Hall–Kier alpha value is -1.30. The highest BCUT2D eigenvalue weighted by Crippen LogP contribution is 2.39. The van der Waals surface area contributed by atoms with Crippen LogP contribution < -0.4 is 11.1 Å². The van der Waals surface area contributed by atoms with Gasteiger partial charge in [0.25, 0.3) is 0 Å². The molecular formula is C16H18N2OS2. The van der Waals surface area contributed by atoms with Crippen molar-refractivity contribution in [3.63, 3.8) is 0 Å². The first-order valence-electron chi connectivity index (χ1n) is 7.02. The molecule has 0 fully saturated rings. The van der Waals surface area contributed by atoms with E-state index < -0.39 is 0 Å². The zero-order chi connectivity index (χ0) is 14.7. The summed E-state index contributed by atoms with van der Waals surface area (Å²) < 4.78 is 0. The van der Waals surface area contributed by atoms with Crippen molar-refractivity contribution in [2.24, 2.45) is 5.73 Å². The lowest BCUT2D eigenvalue weighted by atomic mass is 10.1. The van der Waals surface area contributed by atoms with Crippen molar-refractivity contribution in [3.8, 4) is 0 Å². The first-order chi connectivity index (χ1) is 10.3. The quantitative estimate of drug-likeness (QED) is 0.911. The SMILES string of the molecule is NC(CNC(=O)C1SCCc2sccc21)c1ccccc1. The van der Waals surface area contributed by atoms with Crippen LogP contribution in [0.4, 0.5) is 0 Å². The van der Waals surface area contributed by atoms with E-state index in [1.807, 2.05) is 30.3 Å². The minimum atomic E-state index is -0.161. The molecule has 2 aromatic rings. The first-order valence-corrected chi connectivity index (χ1v) is 8.94. The summed E-state index contributed by atoms with van der Waals surface area (Å²) in [5.74, 6) is 1.09. The molecule has 1 aliphatic rings. The second-order valence-electron chi connectivity index (χ2n) is 5.06. The van der Waals surface area contributed by atoms with Crippen LogP contribution in [0.2, 0.25) is 0 Å². The summed E-state index contributed by atoms with van der Waals surface area (Å²) in [5.41, 5.74) is 8.36. The third-order valence-electron chi connectivity index (χ3n) is 3.64. The molecule has 110 valence electrons. The van der Waals surface area contributed by atoms with E-state index in [4.69, 9.17) is 5.73 Å². The van der Waals surface area contributed by atoms with Crippen molar-refractivity contribution < 1.29 is 4.79 Å². The lowest BCUT2D eigenvalue weighted by Gasteiger charge is -2.22. The molecule has 3 rings (SSSR count). The van der Waals surface area contributed by atoms with Crippen molar-refractivity contribution in [1.29, 1.82) is 0 Å². The Morgan fingerprint density at radius 1 is 1.33 bits per heavy atom. The molecule has 21 heavy (non-hydrogen) atoms. The second kappa shape index (κ2) is 6.64. The summed E-state index contributed by atoms with van der Waals surface area (Å²) in [6, 6.07) is 11.8. The molecule has 0 spiro atoms. The van der Waals surface area contributed by atoms with E-state index in [1.165, 1.54) is 10.4 Å². The normalized spacial score (nSPS) is 18.8. The van der Waals surface area contributed by atoms with Gasteiger partial charge in [0.1, 0.15) is 5.25 Å². The second-order valence-corrected chi connectivity index (χ2v) is 7.28. The van der Waals surface area contributed by atoms with Crippen LogP contribution in [-0.4, -0.2) is 18.2 Å². The van der Waals surface area contributed by atoms with Crippen LogP contribution in [-0.2, 0) is 11.2 Å². The Morgan fingerprint density at radius 2 is 2.14 bits per heavy atom. The number of aryl methyl sites for hydroxylation is 1. The predicted molar refractivity (Wildman–Crippen MR) is 89.6 cm³/mol. The molecular weight excluding hydrogens is 300 g/mol. The molecule has 3 N–H and O–H groups in total. The molecule has 3 nitrogen and oxygen atoms in total. The Bertz CT molecular complexity index is 612. The number of amides is 1. The average Bonchev–Trinajstić information content (AvgIpc) is 3.01. The first kappa shape index (κ1) is 14.6. The van der Waals surface area contributed by atoms with Crippen LogP contribution in [0.1, 0.15) is 27.3 Å². The highest BCUT2D eigenvalue weighted by Gasteiger charge is 2.28. The summed E-state index contributed by atoms with van der Waals surface area (Å²) in [7, 11) is 0. The summed E-state index contributed by atoms with van der Waals surface area (Å²) in [4.78, 5) is 13.8. The largest absolute Gasteiger partial charge is 0.353 e. The van der Waals surface area contributed by atoms with Gasteiger partial charge in [-0.3, -0.25) is 4.79 Å². The molecule has 0 radical (unpaired) electrons. The molecule has 0 saturated carbocycles. The number of benzene rings is 1. The van der Waals surface area contributed by atoms with Crippen molar-refractivity contribution in [1.82, 2.24) is 5.32 Å². The van der Waals surface area contributed by atoms with Crippen LogP contribution in [0.25, 0.3) is 0 Å². The molecule has 2 atom stereocenters. The number of hydrogen-bond acceptors (Lipinski definition) is 4. The number of carbonyl (C=O) groups excluding carboxylic acids is 1. The minimum absolute atomic E-state index is 0.0748. The molecule has 0 aliphatic carbocycles. The average molecular weight is 318 g/mol. The van der Waals surface area contributed by atoms with E-state index in [0.29, 0.717) is 6.54 Å². The molecule has 1 amide bonds. The third kappa shape index (κ3) is 3.31. The van der Waals surface area contributed by atoms with Crippen LogP contribution in [0.3, 0.4) is 0 Å². The highest BCUT2D eigenvalue weighted by atomic mass is 32.2. The van der Waals surface area contributed by atoms with Crippen molar-refractivity contribution >= 4 is 29.0 Å². The predicted octanol–water partition coefficient (Wildman–Crippen LogP) is 2.89. The molecule has 0 saturated heterocycles. The summed E-state index contributed by atoms with van der Waals surface area (Å²) in [5, 5.41) is 5.00. The number of carbonyl (C=O) groups is 1. The van der Waals surface area contributed by atoms with Gasteiger partial charge in [0, 0.05) is 17.5 Å². The number of thioether (sulfide) groups is 1. The van der Waals surface area contributed by atoms with E-state index >= 15 is 0 Å². The molecule has 0 bridgehead atoms. The van der Waals surface area contributed by atoms with Gasteiger partial charge in [-0.1, -0.05) is 30.3 Å². The molecule has 2 heterocycles. The molecule has 1 aliphatic heterocycles. The molecule has 1 aromatic heterocycles. The van der Waals surface area contributed by atoms with Gasteiger partial charge in [-0.05, 0) is 34.7 Å². The van der Waals surface area contributed by atoms with Crippen LogP contribution in [0.5, 0.6) is 0 Å². The fourth-order valence-corrected chi connectivity index (χ4v) is 4.80. The summed E-state index contributed by atoms with van der Waals surface area (Å²) in [6.45, 7) is 0.472. The van der Waals surface area contributed by atoms with E-state index in [1.54, 1.807) is 23.1 Å². The van der Waals surface area contributed by atoms with E-state index in [9.17, 15) is 4.79 Å². The van der Waals surface area contributed by atoms with Crippen molar-refractivity contribution in [3.05, 3.63) is 57.8 Å². The lowest BCUT2D eigenvalue weighted by molar-refractivity contribution is -0.120. The van der Waals surface area contributed by atoms with Crippen LogP contribution in [0, 0.1) is 0 Å². The number of nitrogens with two attached hydrogens (primary N) is 1. The minimum Gasteiger partial charge on any atom is -0.353 e. The smallest absolute Gasteiger partial charge is 0.237 e. The maximum Gasteiger partial charge on any atom is 0.237 e. The Labute approximate surface area is 132 Å². The Balaban J connectivity index is 1.61.